The van der Waals surface area contributed by atoms with Gasteiger partial charge in [0, 0.05) is 11.6 Å². The summed E-state index contributed by atoms with van der Waals surface area (Å²) in [6.07, 6.45) is 5.18. The number of methoxy groups -OCH3 is 2. The molecule has 8 heteroatoms. The lowest BCUT2D eigenvalue weighted by atomic mass is 9.77. The van der Waals surface area contributed by atoms with Gasteiger partial charge >= 0.3 is 5.97 Å². The molecule has 0 fully saturated rings. The molecule has 2 aliphatic rings. The molecule has 1 heterocycles. The Labute approximate surface area is 204 Å². The first-order valence-corrected chi connectivity index (χ1v) is 12.8. The van der Waals surface area contributed by atoms with Crippen molar-refractivity contribution in [1.82, 2.24) is 0 Å². The predicted octanol–water partition coefficient (Wildman–Crippen LogP) is 5.11. The summed E-state index contributed by atoms with van der Waals surface area (Å²) in [6.45, 7) is 0. The van der Waals surface area contributed by atoms with Crippen LogP contribution in [0.3, 0.4) is 0 Å². The molecule has 0 bridgehead atoms. The lowest BCUT2D eigenvalue weighted by Gasteiger charge is -2.37. The summed E-state index contributed by atoms with van der Waals surface area (Å²) >= 11 is 0. The molecule has 0 aromatic heterocycles. The maximum Gasteiger partial charge on any atom is 0.337 e. The molecule has 35 heavy (non-hydrogen) atoms. The van der Waals surface area contributed by atoms with Crippen LogP contribution >= 0.6 is 0 Å². The van der Waals surface area contributed by atoms with Gasteiger partial charge in [-0.15, -0.1) is 0 Å². The molecular formula is C27H26N2O5S. The van der Waals surface area contributed by atoms with Gasteiger partial charge in [-0.05, 0) is 65.9 Å². The molecule has 0 saturated heterocycles. The standard InChI is InChI=1S/C27H26N2O5S/c1-33-25-9-4-3-8-24(25)29-35(31,32)19-14-15-23-22(16-19)20-6-5-7-21(20)26(28-23)17-10-12-18(13-11-17)27(30)34-2/h3-6,8-16,20-21,26,28-29H,7H2,1-2H3/t20-,21+,26+/m0/s1. The van der Waals surface area contributed by atoms with Crippen LogP contribution < -0.4 is 14.8 Å². The van der Waals surface area contributed by atoms with Gasteiger partial charge in [-0.3, -0.25) is 4.72 Å². The highest BCUT2D eigenvalue weighted by molar-refractivity contribution is 7.92. The van der Waals surface area contributed by atoms with Crippen molar-refractivity contribution in [2.75, 3.05) is 24.3 Å². The van der Waals surface area contributed by atoms with Crippen molar-refractivity contribution in [3.63, 3.8) is 0 Å². The van der Waals surface area contributed by atoms with Crippen LogP contribution in [-0.4, -0.2) is 28.6 Å². The fourth-order valence-electron chi connectivity index (χ4n) is 4.95. The minimum Gasteiger partial charge on any atom is -0.495 e. The summed E-state index contributed by atoms with van der Waals surface area (Å²) in [5, 5.41) is 3.60. The zero-order valence-corrected chi connectivity index (χ0v) is 20.2. The highest BCUT2D eigenvalue weighted by Crippen LogP contribution is 2.50. The number of carbonyl (C=O) groups excluding carboxylic acids is 1. The number of carbonyl (C=O) groups is 1. The second-order valence-electron chi connectivity index (χ2n) is 8.64. The maximum absolute atomic E-state index is 13.2. The van der Waals surface area contributed by atoms with E-state index in [4.69, 9.17) is 9.47 Å². The van der Waals surface area contributed by atoms with Crippen molar-refractivity contribution in [2.24, 2.45) is 5.92 Å². The first-order chi connectivity index (χ1) is 16.9. The topological polar surface area (TPSA) is 93.7 Å². The molecule has 3 aromatic carbocycles. The monoisotopic (exact) mass is 490 g/mol. The third kappa shape index (κ3) is 4.25. The van der Waals surface area contributed by atoms with E-state index < -0.39 is 10.0 Å². The number of para-hydroxylation sites is 2. The van der Waals surface area contributed by atoms with E-state index in [0.29, 0.717) is 17.0 Å². The summed E-state index contributed by atoms with van der Waals surface area (Å²) in [5.74, 6) is 0.398. The number of nitrogens with one attached hydrogen (secondary N) is 2. The van der Waals surface area contributed by atoms with Crippen molar-refractivity contribution in [3.05, 3.63) is 95.6 Å². The normalized spacial score (nSPS) is 20.3. The van der Waals surface area contributed by atoms with Crippen LogP contribution in [0.5, 0.6) is 5.75 Å². The van der Waals surface area contributed by atoms with Gasteiger partial charge in [0.05, 0.1) is 36.4 Å². The summed E-state index contributed by atoms with van der Waals surface area (Å²) in [4.78, 5) is 12.0. The molecule has 0 spiro atoms. The predicted molar refractivity (Wildman–Crippen MR) is 134 cm³/mol. The van der Waals surface area contributed by atoms with E-state index in [1.165, 1.54) is 14.2 Å². The average Bonchev–Trinajstić information content (AvgIpc) is 3.38. The molecule has 0 unspecified atom stereocenters. The van der Waals surface area contributed by atoms with E-state index in [1.54, 1.807) is 48.5 Å². The van der Waals surface area contributed by atoms with Crippen molar-refractivity contribution in [1.29, 1.82) is 0 Å². The Kier molecular flexibility index (Phi) is 5.98. The molecule has 0 amide bonds. The first kappa shape index (κ1) is 23.0. The third-order valence-electron chi connectivity index (χ3n) is 6.69. The number of allylic oxidation sites excluding steroid dienone is 2. The Morgan fingerprint density at radius 3 is 2.54 bits per heavy atom. The van der Waals surface area contributed by atoms with Crippen LogP contribution in [0.15, 0.2) is 83.8 Å². The van der Waals surface area contributed by atoms with Gasteiger partial charge < -0.3 is 14.8 Å². The average molecular weight is 491 g/mol. The van der Waals surface area contributed by atoms with Gasteiger partial charge in [0.1, 0.15) is 5.75 Å². The smallest absolute Gasteiger partial charge is 0.337 e. The molecule has 5 rings (SSSR count). The molecule has 1 aliphatic heterocycles. The second-order valence-corrected chi connectivity index (χ2v) is 10.3. The number of rotatable bonds is 6. The lowest BCUT2D eigenvalue weighted by molar-refractivity contribution is 0.0600. The number of ether oxygens (including phenoxy) is 2. The van der Waals surface area contributed by atoms with Crippen molar-refractivity contribution in [2.45, 2.75) is 23.3 Å². The summed E-state index contributed by atoms with van der Waals surface area (Å²) in [7, 11) is -0.945. The summed E-state index contributed by atoms with van der Waals surface area (Å²) in [5.41, 5.74) is 3.81. The molecule has 0 radical (unpaired) electrons. The number of fused-ring (bicyclic) bond motifs is 3. The fraction of sp³-hybridized carbons (Fsp3) is 0.222. The number of sulfonamides is 1. The number of hydrogen-bond acceptors (Lipinski definition) is 6. The molecule has 180 valence electrons. The van der Waals surface area contributed by atoms with Crippen molar-refractivity contribution in [3.8, 4) is 5.75 Å². The molecule has 2 N–H and O–H groups in total. The van der Waals surface area contributed by atoms with Crippen LogP contribution in [0.1, 0.15) is 39.9 Å². The van der Waals surface area contributed by atoms with E-state index >= 15 is 0 Å². The Balaban J connectivity index is 1.45. The van der Waals surface area contributed by atoms with E-state index in [1.807, 2.05) is 18.2 Å². The van der Waals surface area contributed by atoms with Gasteiger partial charge in [0.15, 0.2) is 0 Å². The maximum atomic E-state index is 13.2. The van der Waals surface area contributed by atoms with Gasteiger partial charge in [0.25, 0.3) is 10.0 Å². The highest BCUT2D eigenvalue weighted by atomic mass is 32.2. The van der Waals surface area contributed by atoms with Crippen molar-refractivity contribution >= 4 is 27.4 Å². The van der Waals surface area contributed by atoms with E-state index in [0.717, 1.165) is 23.2 Å². The largest absolute Gasteiger partial charge is 0.495 e. The number of anilines is 2. The lowest BCUT2D eigenvalue weighted by Crippen LogP contribution is -2.29. The molecule has 1 aliphatic carbocycles. The Morgan fingerprint density at radius 1 is 1.03 bits per heavy atom. The van der Waals surface area contributed by atoms with Crippen molar-refractivity contribution < 1.29 is 22.7 Å². The molecule has 0 saturated carbocycles. The van der Waals surface area contributed by atoms with Gasteiger partial charge in [0.2, 0.25) is 0 Å². The van der Waals surface area contributed by atoms with Crippen LogP contribution in [0.2, 0.25) is 0 Å². The van der Waals surface area contributed by atoms with Gasteiger partial charge in [-0.25, -0.2) is 13.2 Å². The zero-order chi connectivity index (χ0) is 24.6. The van der Waals surface area contributed by atoms with Crippen LogP contribution in [-0.2, 0) is 14.8 Å². The minimum atomic E-state index is -3.81. The SMILES string of the molecule is COC(=O)c1ccc([C@H]2Nc3ccc(S(=O)(=O)Nc4ccccc4OC)cc3[C@H]3C=CC[C@H]32)cc1. The fourth-order valence-corrected chi connectivity index (χ4v) is 6.05. The first-order valence-electron chi connectivity index (χ1n) is 11.3. The van der Waals surface area contributed by atoms with Crippen LogP contribution in [0.4, 0.5) is 11.4 Å². The highest BCUT2D eigenvalue weighted by Gasteiger charge is 2.38. The van der Waals surface area contributed by atoms with Crippen LogP contribution in [0.25, 0.3) is 0 Å². The van der Waals surface area contributed by atoms with E-state index in [2.05, 4.69) is 22.2 Å². The quantitative estimate of drug-likeness (QED) is 0.368. The molecular weight excluding hydrogens is 464 g/mol. The Hall–Kier alpha value is -3.78. The van der Waals surface area contributed by atoms with Crippen LogP contribution in [0, 0.1) is 5.92 Å². The third-order valence-corrected chi connectivity index (χ3v) is 8.05. The minimum absolute atomic E-state index is 0.0309. The van der Waals surface area contributed by atoms with E-state index in [-0.39, 0.29) is 28.7 Å². The summed E-state index contributed by atoms with van der Waals surface area (Å²) in [6, 6.07) is 19.6. The number of benzene rings is 3. The molecule has 3 aromatic rings. The van der Waals surface area contributed by atoms with Gasteiger partial charge in [-0.2, -0.15) is 0 Å². The number of esters is 1. The van der Waals surface area contributed by atoms with E-state index in [9.17, 15) is 13.2 Å². The zero-order valence-electron chi connectivity index (χ0n) is 19.4. The van der Waals surface area contributed by atoms with Gasteiger partial charge in [-0.1, -0.05) is 36.4 Å². The molecule has 3 atom stereocenters. The second kappa shape index (κ2) is 9.11. The number of hydrogen-bond donors (Lipinski definition) is 2. The Morgan fingerprint density at radius 2 is 1.80 bits per heavy atom. The Bertz CT molecular complexity index is 1400. The summed E-state index contributed by atoms with van der Waals surface area (Å²) < 4.78 is 39.1. The molecule has 7 nitrogen and oxygen atoms in total.